The van der Waals surface area contributed by atoms with Gasteiger partial charge in [0.25, 0.3) is 5.91 Å². The monoisotopic (exact) mass is 479 g/mol. The number of carbonyl (C=O) groups is 1. The minimum Gasteiger partial charge on any atom is -0.491 e. The highest BCUT2D eigenvalue weighted by atomic mass is 32.2. The number of rotatable bonds is 7. The predicted molar refractivity (Wildman–Crippen MR) is 131 cm³/mol. The molecule has 1 aliphatic rings. The molecule has 3 aromatic rings. The molecule has 1 aliphatic heterocycles. The third-order valence-corrected chi connectivity index (χ3v) is 7.65. The summed E-state index contributed by atoms with van der Waals surface area (Å²) in [5.41, 5.74) is 1.91. The van der Waals surface area contributed by atoms with Crippen LogP contribution >= 0.6 is 0 Å². The SMILES string of the molecule is CC(C)Oc1ccc(C(=O)Nc2ccc(S(=O)(=O)N3CCCCC3c3cccnc3)cc2)cc1. The Labute approximate surface area is 200 Å². The molecule has 2 aromatic carbocycles. The number of aromatic nitrogens is 1. The molecule has 34 heavy (non-hydrogen) atoms. The van der Waals surface area contributed by atoms with Gasteiger partial charge in [0.1, 0.15) is 5.75 Å². The first-order chi connectivity index (χ1) is 16.3. The molecule has 7 nitrogen and oxygen atoms in total. The van der Waals surface area contributed by atoms with Gasteiger partial charge in [-0.05, 0) is 86.8 Å². The molecule has 1 amide bonds. The van der Waals surface area contributed by atoms with Crippen molar-refractivity contribution in [3.05, 3.63) is 84.2 Å². The fourth-order valence-corrected chi connectivity index (χ4v) is 5.79. The van der Waals surface area contributed by atoms with Crippen LogP contribution in [0.15, 0.2) is 78.0 Å². The largest absolute Gasteiger partial charge is 0.491 e. The zero-order chi connectivity index (χ0) is 24.1. The lowest BCUT2D eigenvalue weighted by atomic mass is 9.99. The molecule has 1 aromatic heterocycles. The van der Waals surface area contributed by atoms with Crippen molar-refractivity contribution < 1.29 is 17.9 Å². The summed E-state index contributed by atoms with van der Waals surface area (Å²) in [6.45, 7) is 4.35. The van der Waals surface area contributed by atoms with Gasteiger partial charge in [-0.25, -0.2) is 8.42 Å². The van der Waals surface area contributed by atoms with Crippen molar-refractivity contribution in [1.82, 2.24) is 9.29 Å². The van der Waals surface area contributed by atoms with E-state index in [2.05, 4.69) is 10.3 Å². The maximum Gasteiger partial charge on any atom is 0.255 e. The van der Waals surface area contributed by atoms with E-state index in [-0.39, 0.29) is 22.9 Å². The highest BCUT2D eigenvalue weighted by molar-refractivity contribution is 7.89. The first kappa shape index (κ1) is 23.9. The van der Waals surface area contributed by atoms with Gasteiger partial charge in [0.05, 0.1) is 17.0 Å². The van der Waals surface area contributed by atoms with E-state index < -0.39 is 10.0 Å². The highest BCUT2D eigenvalue weighted by Gasteiger charge is 2.34. The third-order valence-electron chi connectivity index (χ3n) is 5.73. The number of hydrogen-bond donors (Lipinski definition) is 1. The van der Waals surface area contributed by atoms with Gasteiger partial charge in [-0.15, -0.1) is 0 Å². The van der Waals surface area contributed by atoms with Crippen molar-refractivity contribution in [3.8, 4) is 5.75 Å². The number of benzene rings is 2. The van der Waals surface area contributed by atoms with E-state index in [1.807, 2.05) is 26.0 Å². The highest BCUT2D eigenvalue weighted by Crippen LogP contribution is 2.35. The van der Waals surface area contributed by atoms with Crippen molar-refractivity contribution >= 4 is 21.6 Å². The number of carbonyl (C=O) groups excluding carboxylic acids is 1. The number of nitrogens with one attached hydrogen (secondary N) is 1. The molecule has 8 heteroatoms. The lowest BCUT2D eigenvalue weighted by Crippen LogP contribution is -2.38. The summed E-state index contributed by atoms with van der Waals surface area (Å²) < 4.78 is 34.1. The van der Waals surface area contributed by atoms with Crippen LogP contribution in [0, 0.1) is 0 Å². The second kappa shape index (κ2) is 10.4. The van der Waals surface area contributed by atoms with Crippen LogP contribution in [0.4, 0.5) is 5.69 Å². The number of amides is 1. The maximum absolute atomic E-state index is 13.4. The molecule has 4 rings (SSSR count). The van der Waals surface area contributed by atoms with E-state index in [1.54, 1.807) is 65.2 Å². The number of sulfonamides is 1. The number of piperidine rings is 1. The summed E-state index contributed by atoms with van der Waals surface area (Å²) in [6.07, 6.45) is 6.04. The molecule has 1 fully saturated rings. The molecule has 0 saturated carbocycles. The van der Waals surface area contributed by atoms with Crippen molar-refractivity contribution in [2.24, 2.45) is 0 Å². The summed E-state index contributed by atoms with van der Waals surface area (Å²) >= 11 is 0. The molecule has 0 aliphatic carbocycles. The first-order valence-electron chi connectivity index (χ1n) is 11.4. The Morgan fingerprint density at radius 3 is 2.44 bits per heavy atom. The normalized spacial score (nSPS) is 16.9. The number of nitrogens with zero attached hydrogens (tertiary/aromatic N) is 2. The van der Waals surface area contributed by atoms with Crippen LogP contribution in [0.1, 0.15) is 55.1 Å². The standard InChI is InChI=1S/C26H29N3O4S/c1-19(2)33-23-12-8-20(9-13-23)26(30)28-22-10-14-24(15-11-22)34(31,32)29-17-4-3-7-25(29)21-6-5-16-27-18-21/h5-6,8-16,18-19,25H,3-4,7,17H2,1-2H3,(H,28,30). The zero-order valence-electron chi connectivity index (χ0n) is 19.3. The maximum atomic E-state index is 13.4. The van der Waals surface area contributed by atoms with Gasteiger partial charge in [-0.3, -0.25) is 9.78 Å². The Morgan fingerprint density at radius 2 is 1.79 bits per heavy atom. The van der Waals surface area contributed by atoms with Crippen LogP contribution in [0.2, 0.25) is 0 Å². The van der Waals surface area contributed by atoms with E-state index in [0.717, 1.165) is 24.8 Å². The Morgan fingerprint density at radius 1 is 1.06 bits per heavy atom. The second-order valence-corrected chi connectivity index (χ2v) is 10.5. The Hall–Kier alpha value is -3.23. The second-order valence-electron chi connectivity index (χ2n) is 8.58. The summed E-state index contributed by atoms with van der Waals surface area (Å²) in [5.74, 6) is 0.419. The van der Waals surface area contributed by atoms with E-state index in [1.165, 1.54) is 0 Å². The van der Waals surface area contributed by atoms with E-state index in [0.29, 0.717) is 23.5 Å². The summed E-state index contributed by atoms with van der Waals surface area (Å²) in [5, 5.41) is 2.81. The molecule has 2 heterocycles. The molecular weight excluding hydrogens is 450 g/mol. The molecule has 1 N–H and O–H groups in total. The average Bonchev–Trinajstić information content (AvgIpc) is 2.85. The molecule has 178 valence electrons. The van der Waals surface area contributed by atoms with Gasteiger partial charge in [0.15, 0.2) is 0 Å². The van der Waals surface area contributed by atoms with E-state index in [4.69, 9.17) is 4.74 Å². The van der Waals surface area contributed by atoms with Gasteiger partial charge in [0.2, 0.25) is 10.0 Å². The lowest BCUT2D eigenvalue weighted by molar-refractivity contribution is 0.102. The van der Waals surface area contributed by atoms with E-state index >= 15 is 0 Å². The predicted octanol–water partition coefficient (Wildman–Crippen LogP) is 5.04. The number of pyridine rings is 1. The summed E-state index contributed by atoms with van der Waals surface area (Å²) in [7, 11) is -3.69. The third kappa shape index (κ3) is 5.46. The molecule has 0 bridgehead atoms. The van der Waals surface area contributed by atoms with E-state index in [9.17, 15) is 13.2 Å². The number of anilines is 1. The topological polar surface area (TPSA) is 88.6 Å². The van der Waals surface area contributed by atoms with Crippen molar-refractivity contribution in [3.63, 3.8) is 0 Å². The van der Waals surface area contributed by atoms with Crippen LogP contribution in [0.5, 0.6) is 5.75 Å². The van der Waals surface area contributed by atoms with Crippen molar-refractivity contribution in [1.29, 1.82) is 0 Å². The fourth-order valence-electron chi connectivity index (χ4n) is 4.10. The Kier molecular flexibility index (Phi) is 7.29. The summed E-state index contributed by atoms with van der Waals surface area (Å²) in [6, 6.07) is 16.7. The molecule has 1 saturated heterocycles. The Balaban J connectivity index is 1.47. The van der Waals surface area contributed by atoms with Crippen molar-refractivity contribution in [2.45, 2.75) is 50.2 Å². The molecular formula is C26H29N3O4S. The van der Waals surface area contributed by atoms with Gasteiger partial charge in [-0.2, -0.15) is 4.31 Å². The van der Waals surface area contributed by atoms with Crippen LogP contribution < -0.4 is 10.1 Å². The van der Waals surface area contributed by atoms with Crippen LogP contribution in [-0.2, 0) is 10.0 Å². The molecule has 0 radical (unpaired) electrons. The molecule has 1 atom stereocenters. The smallest absolute Gasteiger partial charge is 0.255 e. The van der Waals surface area contributed by atoms with Crippen molar-refractivity contribution in [2.75, 3.05) is 11.9 Å². The number of hydrogen-bond acceptors (Lipinski definition) is 5. The zero-order valence-corrected chi connectivity index (χ0v) is 20.2. The molecule has 1 unspecified atom stereocenters. The van der Waals surface area contributed by atoms with Crippen LogP contribution in [-0.4, -0.2) is 36.3 Å². The van der Waals surface area contributed by atoms with Crippen LogP contribution in [0.25, 0.3) is 0 Å². The van der Waals surface area contributed by atoms with Gasteiger partial charge in [0, 0.05) is 30.2 Å². The number of ether oxygens (including phenoxy) is 1. The summed E-state index contributed by atoms with van der Waals surface area (Å²) in [4.78, 5) is 17.0. The van der Waals surface area contributed by atoms with Gasteiger partial charge in [-0.1, -0.05) is 12.5 Å². The fraction of sp³-hybridized carbons (Fsp3) is 0.308. The first-order valence-corrected chi connectivity index (χ1v) is 12.9. The lowest BCUT2D eigenvalue weighted by Gasteiger charge is -2.34. The minimum absolute atomic E-state index is 0.0547. The van der Waals surface area contributed by atoms with Crippen LogP contribution in [0.3, 0.4) is 0 Å². The average molecular weight is 480 g/mol. The quantitative estimate of drug-likeness (QED) is 0.513. The Bertz CT molecular complexity index is 1210. The minimum atomic E-state index is -3.69. The molecule has 0 spiro atoms. The van der Waals surface area contributed by atoms with Gasteiger partial charge < -0.3 is 10.1 Å². The van der Waals surface area contributed by atoms with Gasteiger partial charge >= 0.3 is 0 Å².